The van der Waals surface area contributed by atoms with Crippen LogP contribution in [0.2, 0.25) is 0 Å². The summed E-state index contributed by atoms with van der Waals surface area (Å²) >= 11 is 0. The molecule has 2 fully saturated rings. The van der Waals surface area contributed by atoms with E-state index < -0.39 is 33.1 Å². The van der Waals surface area contributed by atoms with E-state index in [0.29, 0.717) is 18.8 Å². The Labute approximate surface area is 178 Å². The molecule has 0 radical (unpaired) electrons. The first-order chi connectivity index (χ1) is 14.3. The normalized spacial score (nSPS) is 25.2. The Bertz CT molecular complexity index is 1150. The fraction of sp³-hybridized carbons (Fsp3) is 0.550. The third kappa shape index (κ3) is 4.32. The number of hydrogen-bond donors (Lipinski definition) is 2. The first-order valence-electron chi connectivity index (χ1n) is 9.99. The Morgan fingerprint density at radius 1 is 1.42 bits per heavy atom. The van der Waals surface area contributed by atoms with Gasteiger partial charge in [-0.1, -0.05) is 13.8 Å². The van der Waals surface area contributed by atoms with Crippen LogP contribution in [-0.4, -0.2) is 31.1 Å². The quantitative estimate of drug-likeness (QED) is 0.669. The summed E-state index contributed by atoms with van der Waals surface area (Å²) in [7, 11) is -3.15. The SMILES string of the molecule is CC1CC1(C)Cn1nc(C2CC2)c(C(F)(F)F)c1C(=O)Nc1ccnc(S(C)(=N)=O)c1. The van der Waals surface area contributed by atoms with E-state index >= 15 is 0 Å². The lowest BCUT2D eigenvalue weighted by Crippen LogP contribution is -2.24. The van der Waals surface area contributed by atoms with Crippen LogP contribution < -0.4 is 5.32 Å². The number of rotatable bonds is 6. The largest absolute Gasteiger partial charge is 0.420 e. The van der Waals surface area contributed by atoms with E-state index in [1.807, 2.05) is 13.8 Å². The molecule has 2 aliphatic carbocycles. The molecular weight excluding hydrogens is 431 g/mol. The van der Waals surface area contributed by atoms with Crippen LogP contribution >= 0.6 is 0 Å². The second kappa shape index (κ2) is 7.04. The number of carbonyl (C=O) groups is 1. The summed E-state index contributed by atoms with van der Waals surface area (Å²) in [6.07, 6.45) is -0.185. The van der Waals surface area contributed by atoms with Crippen LogP contribution in [0, 0.1) is 16.1 Å². The average molecular weight is 456 g/mol. The minimum Gasteiger partial charge on any atom is -0.320 e. The van der Waals surface area contributed by atoms with Gasteiger partial charge in [-0.25, -0.2) is 14.0 Å². The van der Waals surface area contributed by atoms with Crippen molar-refractivity contribution in [3.05, 3.63) is 35.3 Å². The van der Waals surface area contributed by atoms with Crippen molar-refractivity contribution in [1.29, 1.82) is 4.78 Å². The highest BCUT2D eigenvalue weighted by molar-refractivity contribution is 7.91. The van der Waals surface area contributed by atoms with Crippen molar-refractivity contribution >= 4 is 21.3 Å². The van der Waals surface area contributed by atoms with Gasteiger partial charge < -0.3 is 5.32 Å². The van der Waals surface area contributed by atoms with E-state index in [0.717, 1.165) is 6.42 Å². The van der Waals surface area contributed by atoms with Crippen LogP contribution in [0.4, 0.5) is 18.9 Å². The van der Waals surface area contributed by atoms with Crippen molar-refractivity contribution in [3.63, 3.8) is 0 Å². The number of nitrogens with zero attached hydrogens (tertiary/aromatic N) is 3. The highest BCUT2D eigenvalue weighted by atomic mass is 32.2. The van der Waals surface area contributed by atoms with E-state index in [1.54, 1.807) is 0 Å². The van der Waals surface area contributed by atoms with Gasteiger partial charge in [0.15, 0.2) is 0 Å². The van der Waals surface area contributed by atoms with E-state index in [-0.39, 0.29) is 34.3 Å². The zero-order chi connectivity index (χ0) is 22.8. The number of amides is 1. The zero-order valence-electron chi connectivity index (χ0n) is 17.4. The minimum atomic E-state index is -4.72. The number of hydrogen-bond acceptors (Lipinski definition) is 5. The fourth-order valence-corrected chi connectivity index (χ4v) is 4.46. The highest BCUT2D eigenvalue weighted by Crippen LogP contribution is 2.54. The first kappa shape index (κ1) is 21.8. The molecule has 2 aromatic rings. The molecule has 31 heavy (non-hydrogen) atoms. The summed E-state index contributed by atoms with van der Waals surface area (Å²) in [5, 5.41) is 6.67. The lowest BCUT2D eigenvalue weighted by atomic mass is 10.1. The third-order valence-corrected chi connectivity index (χ3v) is 7.17. The first-order valence-corrected chi connectivity index (χ1v) is 12.0. The van der Waals surface area contributed by atoms with Crippen molar-refractivity contribution in [2.75, 3.05) is 11.6 Å². The van der Waals surface area contributed by atoms with Crippen LogP contribution in [0.3, 0.4) is 0 Å². The predicted octanol–water partition coefficient (Wildman–Crippen LogP) is 4.51. The molecule has 0 aliphatic heterocycles. The maximum absolute atomic E-state index is 14.0. The van der Waals surface area contributed by atoms with Gasteiger partial charge in [-0.2, -0.15) is 18.3 Å². The molecule has 2 aromatic heterocycles. The van der Waals surface area contributed by atoms with Crippen LogP contribution in [0.1, 0.15) is 60.8 Å². The Balaban J connectivity index is 1.76. The summed E-state index contributed by atoms with van der Waals surface area (Å²) < 4.78 is 62.9. The number of carbonyl (C=O) groups excluding carboxylic acids is 1. The maximum atomic E-state index is 14.0. The smallest absolute Gasteiger partial charge is 0.320 e. The van der Waals surface area contributed by atoms with Gasteiger partial charge >= 0.3 is 6.18 Å². The molecule has 2 saturated carbocycles. The molecule has 0 bridgehead atoms. The molecule has 2 heterocycles. The van der Waals surface area contributed by atoms with Gasteiger partial charge in [0, 0.05) is 30.6 Å². The number of halogens is 3. The molecule has 0 aromatic carbocycles. The molecule has 168 valence electrons. The minimum absolute atomic E-state index is 0.0622. The Hall–Kier alpha value is -2.43. The molecule has 3 atom stereocenters. The monoisotopic (exact) mass is 455 g/mol. The molecule has 4 rings (SSSR count). The number of aromatic nitrogens is 3. The average Bonchev–Trinajstić information content (AvgIpc) is 3.53. The zero-order valence-corrected chi connectivity index (χ0v) is 18.2. The third-order valence-electron chi connectivity index (χ3n) is 6.15. The van der Waals surface area contributed by atoms with E-state index in [4.69, 9.17) is 4.78 Å². The molecule has 0 saturated heterocycles. The van der Waals surface area contributed by atoms with Gasteiger partial charge in [0.2, 0.25) is 0 Å². The lowest BCUT2D eigenvalue weighted by Gasteiger charge is -2.15. The molecule has 1 amide bonds. The fourth-order valence-electron chi connectivity index (χ4n) is 3.84. The molecule has 3 unspecified atom stereocenters. The van der Waals surface area contributed by atoms with Gasteiger partial charge in [0.05, 0.1) is 15.4 Å². The molecule has 0 spiro atoms. The van der Waals surface area contributed by atoms with Crippen LogP contribution in [0.25, 0.3) is 0 Å². The highest BCUT2D eigenvalue weighted by Gasteiger charge is 2.50. The van der Waals surface area contributed by atoms with Crippen LogP contribution in [-0.2, 0) is 22.5 Å². The summed E-state index contributed by atoms with van der Waals surface area (Å²) in [6, 6.07) is 2.62. The Morgan fingerprint density at radius 3 is 2.58 bits per heavy atom. The lowest BCUT2D eigenvalue weighted by molar-refractivity contribution is -0.138. The maximum Gasteiger partial charge on any atom is 0.420 e. The van der Waals surface area contributed by atoms with E-state index in [1.165, 1.54) is 29.3 Å². The number of anilines is 1. The molecule has 11 heteroatoms. The summed E-state index contributed by atoms with van der Waals surface area (Å²) in [4.78, 5) is 17.0. The number of alkyl halides is 3. The molecular formula is C20H24F3N5O2S. The second-order valence-corrected chi connectivity index (χ2v) is 11.1. The van der Waals surface area contributed by atoms with E-state index in [9.17, 15) is 22.2 Å². The molecule has 7 nitrogen and oxygen atoms in total. The topological polar surface area (TPSA) is 101 Å². The van der Waals surface area contributed by atoms with Crippen molar-refractivity contribution in [1.82, 2.24) is 14.8 Å². The summed E-state index contributed by atoms with van der Waals surface area (Å²) in [5.41, 5.74) is -1.62. The van der Waals surface area contributed by atoms with Crippen molar-refractivity contribution < 1.29 is 22.2 Å². The van der Waals surface area contributed by atoms with Gasteiger partial charge in [-0.3, -0.25) is 9.48 Å². The van der Waals surface area contributed by atoms with Crippen LogP contribution in [0.15, 0.2) is 23.4 Å². The van der Waals surface area contributed by atoms with Gasteiger partial charge in [0.25, 0.3) is 5.91 Å². The number of nitrogens with one attached hydrogen (secondary N) is 2. The van der Waals surface area contributed by atoms with Crippen molar-refractivity contribution in [2.24, 2.45) is 11.3 Å². The molecule has 2 N–H and O–H groups in total. The van der Waals surface area contributed by atoms with Gasteiger partial charge in [-0.05, 0) is 42.7 Å². The standard InChI is InChI=1S/C20H24F3N5O2S/c1-11-9-19(11,2)10-28-17(15(20(21,22)23)16(27-28)12-4-5-12)18(29)26-13-6-7-25-14(8-13)31(3,24)30/h6-8,11-12,24H,4-5,9-10H2,1-3H3,(H,25,26,29). The van der Waals surface area contributed by atoms with Crippen LogP contribution in [0.5, 0.6) is 0 Å². The second-order valence-electron chi connectivity index (χ2n) is 8.98. The van der Waals surface area contributed by atoms with Gasteiger partial charge in [-0.15, -0.1) is 0 Å². The van der Waals surface area contributed by atoms with E-state index in [2.05, 4.69) is 15.4 Å². The summed E-state index contributed by atoms with van der Waals surface area (Å²) in [6.45, 7) is 4.23. The van der Waals surface area contributed by atoms with Crippen molar-refractivity contribution in [2.45, 2.75) is 56.8 Å². The Morgan fingerprint density at radius 2 is 2.06 bits per heavy atom. The number of pyridine rings is 1. The van der Waals surface area contributed by atoms with Crippen molar-refractivity contribution in [3.8, 4) is 0 Å². The molecule has 2 aliphatic rings. The Kier molecular flexibility index (Phi) is 4.95. The predicted molar refractivity (Wildman–Crippen MR) is 108 cm³/mol. The van der Waals surface area contributed by atoms with Gasteiger partial charge in [0.1, 0.15) is 16.3 Å². The summed E-state index contributed by atoms with van der Waals surface area (Å²) in [5.74, 6) is -0.883.